The molecule has 1 aliphatic heterocycles. The summed E-state index contributed by atoms with van der Waals surface area (Å²) in [5.74, 6) is -1.60. The highest BCUT2D eigenvalue weighted by atomic mass is 35.5. The third-order valence-electron chi connectivity index (χ3n) is 6.68. The van der Waals surface area contributed by atoms with Gasteiger partial charge in [-0.1, -0.05) is 60.1 Å². The summed E-state index contributed by atoms with van der Waals surface area (Å²) < 4.78 is 14.6. The van der Waals surface area contributed by atoms with Crippen LogP contribution in [0, 0.1) is 5.82 Å². The minimum absolute atomic E-state index is 0.0113. The van der Waals surface area contributed by atoms with Crippen LogP contribution in [-0.4, -0.2) is 30.0 Å². The minimum atomic E-state index is -0.665. The zero-order valence-corrected chi connectivity index (χ0v) is 24.1. The van der Waals surface area contributed by atoms with E-state index in [2.05, 4.69) is 16.7 Å². The number of hydrogen-bond acceptors (Lipinski definition) is 4. The van der Waals surface area contributed by atoms with Gasteiger partial charge in [-0.25, -0.2) is 4.39 Å². The fraction of sp³-hybridized carbons (Fsp3) is 0.121. The second-order valence-corrected chi connectivity index (χ2v) is 11.0. The summed E-state index contributed by atoms with van der Waals surface area (Å²) in [6.45, 7) is 0.683. The Morgan fingerprint density at radius 3 is 2.50 bits per heavy atom. The highest BCUT2D eigenvalue weighted by Crippen LogP contribution is 2.29. The molecule has 0 fully saturated rings. The van der Waals surface area contributed by atoms with Gasteiger partial charge in [-0.2, -0.15) is 0 Å². The van der Waals surface area contributed by atoms with E-state index in [1.165, 1.54) is 41.6 Å². The smallest absolute Gasteiger partial charge is 0.272 e. The van der Waals surface area contributed by atoms with Crippen LogP contribution < -0.4 is 15.5 Å². The van der Waals surface area contributed by atoms with E-state index < -0.39 is 17.6 Å². The molecule has 1 aliphatic rings. The summed E-state index contributed by atoms with van der Waals surface area (Å²) in [5, 5.41) is 5.44. The second-order valence-electron chi connectivity index (χ2n) is 9.56. The van der Waals surface area contributed by atoms with Crippen LogP contribution >= 0.6 is 23.4 Å². The van der Waals surface area contributed by atoms with Crippen molar-refractivity contribution in [2.24, 2.45) is 0 Å². The number of fused-ring (bicyclic) bond motifs is 1. The molecule has 3 amide bonds. The summed E-state index contributed by atoms with van der Waals surface area (Å²) in [4.78, 5) is 42.0. The second kappa shape index (κ2) is 13.5. The van der Waals surface area contributed by atoms with E-state index in [1.54, 1.807) is 48.5 Å². The van der Waals surface area contributed by atoms with Gasteiger partial charge in [0.2, 0.25) is 5.91 Å². The first-order valence-corrected chi connectivity index (χ1v) is 14.7. The van der Waals surface area contributed by atoms with Gasteiger partial charge in [-0.05, 0) is 73.0 Å². The zero-order chi connectivity index (χ0) is 29.5. The molecule has 9 heteroatoms. The number of halogens is 2. The topological polar surface area (TPSA) is 78.5 Å². The number of nitrogens with one attached hydrogen (secondary N) is 2. The van der Waals surface area contributed by atoms with Crippen LogP contribution in [0.15, 0.2) is 108 Å². The number of para-hydroxylation sites is 1. The Balaban J connectivity index is 1.31. The van der Waals surface area contributed by atoms with Crippen molar-refractivity contribution < 1.29 is 18.8 Å². The van der Waals surface area contributed by atoms with Gasteiger partial charge in [0.1, 0.15) is 11.5 Å². The molecule has 1 heterocycles. The highest BCUT2D eigenvalue weighted by Gasteiger charge is 2.22. The average Bonchev–Trinajstić information content (AvgIpc) is 3.01. The summed E-state index contributed by atoms with van der Waals surface area (Å²) in [5.41, 5.74) is 2.69. The molecule has 6 nitrogen and oxygen atoms in total. The van der Waals surface area contributed by atoms with Crippen molar-refractivity contribution in [2.45, 2.75) is 17.7 Å². The number of thioether (sulfide) groups is 1. The molecule has 0 atom stereocenters. The molecular formula is C33H27ClFN3O3S. The van der Waals surface area contributed by atoms with Gasteiger partial charge in [0.15, 0.2) is 0 Å². The Morgan fingerprint density at radius 2 is 1.69 bits per heavy atom. The normalized spacial score (nSPS) is 12.8. The summed E-state index contributed by atoms with van der Waals surface area (Å²) in [6, 6.07) is 27.5. The first-order chi connectivity index (χ1) is 20.4. The van der Waals surface area contributed by atoms with E-state index in [0.29, 0.717) is 17.8 Å². The van der Waals surface area contributed by atoms with E-state index in [-0.39, 0.29) is 27.9 Å². The van der Waals surface area contributed by atoms with Gasteiger partial charge in [0.05, 0.1) is 10.8 Å². The van der Waals surface area contributed by atoms with Crippen LogP contribution in [0.4, 0.5) is 15.8 Å². The van der Waals surface area contributed by atoms with Gasteiger partial charge >= 0.3 is 0 Å². The Hall–Kier alpha value is -4.40. The Morgan fingerprint density at radius 1 is 0.929 bits per heavy atom. The maximum atomic E-state index is 14.6. The third kappa shape index (κ3) is 7.08. The van der Waals surface area contributed by atoms with Crippen molar-refractivity contribution in [2.75, 3.05) is 22.5 Å². The van der Waals surface area contributed by atoms with Crippen molar-refractivity contribution in [1.82, 2.24) is 5.32 Å². The molecule has 0 unspecified atom stereocenters. The van der Waals surface area contributed by atoms with E-state index >= 15 is 0 Å². The number of carbonyl (C=O) groups excluding carboxylic acids is 3. The summed E-state index contributed by atoms with van der Waals surface area (Å²) in [7, 11) is 0. The Labute approximate surface area is 252 Å². The van der Waals surface area contributed by atoms with Crippen LogP contribution in [0.1, 0.15) is 27.9 Å². The molecule has 0 bridgehead atoms. The lowest BCUT2D eigenvalue weighted by Crippen LogP contribution is -2.36. The fourth-order valence-electron chi connectivity index (χ4n) is 4.61. The Bertz CT molecular complexity index is 1640. The number of carbonyl (C=O) groups is 3. The van der Waals surface area contributed by atoms with Crippen molar-refractivity contribution in [3.05, 3.63) is 130 Å². The van der Waals surface area contributed by atoms with Crippen molar-refractivity contribution >= 4 is 58.5 Å². The van der Waals surface area contributed by atoms with Crippen molar-refractivity contribution in [3.8, 4) is 0 Å². The largest absolute Gasteiger partial charge is 0.321 e. The first-order valence-electron chi connectivity index (χ1n) is 13.3. The molecule has 0 aliphatic carbocycles. The van der Waals surface area contributed by atoms with Gasteiger partial charge < -0.3 is 15.5 Å². The first kappa shape index (κ1) is 29.1. The van der Waals surface area contributed by atoms with E-state index in [4.69, 9.17) is 11.6 Å². The van der Waals surface area contributed by atoms with E-state index in [9.17, 15) is 18.8 Å². The number of rotatable bonds is 8. The maximum Gasteiger partial charge on any atom is 0.272 e. The SMILES string of the molecule is O=C(Nc1cccc(SCC(=O)N2CCCc3ccccc32)c1)/C(=C/c1c(F)cccc1Cl)NC(=O)c1ccccc1. The number of aryl methyl sites for hydroxylation is 1. The van der Waals surface area contributed by atoms with Crippen LogP contribution in [0.5, 0.6) is 0 Å². The number of anilines is 2. The molecule has 5 rings (SSSR count). The zero-order valence-electron chi connectivity index (χ0n) is 22.5. The monoisotopic (exact) mass is 599 g/mol. The minimum Gasteiger partial charge on any atom is -0.321 e. The van der Waals surface area contributed by atoms with Gasteiger partial charge in [0, 0.05) is 33.9 Å². The van der Waals surface area contributed by atoms with E-state index in [1.807, 2.05) is 29.2 Å². The third-order valence-corrected chi connectivity index (χ3v) is 7.99. The van der Waals surface area contributed by atoms with Crippen LogP contribution in [0.25, 0.3) is 6.08 Å². The molecule has 0 spiro atoms. The molecule has 2 N–H and O–H groups in total. The lowest BCUT2D eigenvalue weighted by molar-refractivity contribution is -0.116. The molecule has 0 saturated carbocycles. The lowest BCUT2D eigenvalue weighted by Gasteiger charge is -2.29. The van der Waals surface area contributed by atoms with Gasteiger partial charge in [0.25, 0.3) is 11.8 Å². The van der Waals surface area contributed by atoms with Gasteiger partial charge in [-0.3, -0.25) is 14.4 Å². The number of benzene rings is 4. The molecule has 42 heavy (non-hydrogen) atoms. The van der Waals surface area contributed by atoms with Crippen LogP contribution in [0.3, 0.4) is 0 Å². The molecule has 4 aromatic rings. The predicted molar refractivity (Wildman–Crippen MR) is 166 cm³/mol. The number of nitrogens with zero attached hydrogens (tertiary/aromatic N) is 1. The summed E-state index contributed by atoms with van der Waals surface area (Å²) in [6.07, 6.45) is 3.09. The quantitative estimate of drug-likeness (QED) is 0.170. The molecule has 0 radical (unpaired) electrons. The molecule has 0 aromatic heterocycles. The highest BCUT2D eigenvalue weighted by molar-refractivity contribution is 8.00. The molecular weight excluding hydrogens is 573 g/mol. The fourth-order valence-corrected chi connectivity index (χ4v) is 5.66. The molecule has 212 valence electrons. The average molecular weight is 600 g/mol. The maximum absolute atomic E-state index is 14.6. The van der Waals surface area contributed by atoms with Crippen LogP contribution in [0.2, 0.25) is 5.02 Å². The molecule has 0 saturated heterocycles. The number of amides is 3. The lowest BCUT2D eigenvalue weighted by atomic mass is 10.0. The predicted octanol–water partition coefficient (Wildman–Crippen LogP) is 6.96. The van der Waals surface area contributed by atoms with E-state index in [0.717, 1.165) is 23.4 Å². The van der Waals surface area contributed by atoms with Crippen LogP contribution in [-0.2, 0) is 16.0 Å². The molecule has 4 aromatic carbocycles. The Kier molecular flexibility index (Phi) is 9.36. The van der Waals surface area contributed by atoms with Crippen molar-refractivity contribution in [1.29, 1.82) is 0 Å². The van der Waals surface area contributed by atoms with Crippen molar-refractivity contribution in [3.63, 3.8) is 0 Å². The van der Waals surface area contributed by atoms with Gasteiger partial charge in [-0.15, -0.1) is 11.8 Å². The standard InChI is InChI=1S/C33H27ClFN3O3S/c34-27-15-7-16-28(35)26(27)20-29(37-32(40)23-10-2-1-3-11-23)33(41)36-24-13-6-14-25(19-24)42-21-31(39)38-18-8-12-22-9-4-5-17-30(22)38/h1-7,9-11,13-17,19-20H,8,12,18,21H2,(H,36,41)(H,37,40)/b29-20-. The number of hydrogen-bond donors (Lipinski definition) is 2. The summed E-state index contributed by atoms with van der Waals surface area (Å²) >= 11 is 7.56.